The number of carboxylic acids is 1. The summed E-state index contributed by atoms with van der Waals surface area (Å²) in [5.74, 6) is -1.57. The summed E-state index contributed by atoms with van der Waals surface area (Å²) in [5, 5.41) is 22.0. The smallest absolute Gasteiger partial charge is 0.352 e. The highest BCUT2D eigenvalue weighted by Crippen LogP contribution is 2.44. The number of aliphatic carboxylic acids is 1. The van der Waals surface area contributed by atoms with E-state index < -0.39 is 35.2 Å². The summed E-state index contributed by atoms with van der Waals surface area (Å²) in [7, 11) is 1.68. The predicted octanol–water partition coefficient (Wildman–Crippen LogP) is 2.96. The van der Waals surface area contributed by atoms with Gasteiger partial charge in [-0.3, -0.25) is 14.5 Å². The number of aromatic nitrogens is 4. The van der Waals surface area contributed by atoms with Crippen molar-refractivity contribution in [3.05, 3.63) is 81.0 Å². The molecule has 0 saturated carbocycles. The molecule has 3 heterocycles. The van der Waals surface area contributed by atoms with Crippen LogP contribution in [-0.2, 0) is 28.0 Å². The highest BCUT2D eigenvalue weighted by Gasteiger charge is 2.57. The Labute approximate surface area is 247 Å². The van der Waals surface area contributed by atoms with Gasteiger partial charge in [-0.2, -0.15) is 0 Å². The van der Waals surface area contributed by atoms with Crippen LogP contribution in [0.4, 0.5) is 0 Å². The largest absolute Gasteiger partial charge is 0.477 e. The third-order valence-corrected chi connectivity index (χ3v) is 9.59. The number of carboxylic acid groups (broad SMARTS) is 1. The fraction of sp³-hybridized carbons (Fsp3) is 0.280. The first-order valence-electron chi connectivity index (χ1n) is 12.0. The van der Waals surface area contributed by atoms with Crippen LogP contribution in [0.2, 0.25) is 10.0 Å². The lowest BCUT2D eigenvalue weighted by Crippen LogP contribution is -2.71. The number of carbonyl (C=O) groups excluding carboxylic acids is 2. The van der Waals surface area contributed by atoms with Crippen LogP contribution in [0.1, 0.15) is 17.2 Å². The van der Waals surface area contributed by atoms with Crippen molar-refractivity contribution in [2.75, 3.05) is 11.5 Å². The normalized spacial score (nSPS) is 19.2. The molecule has 0 spiro atoms. The van der Waals surface area contributed by atoms with Crippen molar-refractivity contribution in [1.29, 1.82) is 0 Å². The van der Waals surface area contributed by atoms with Crippen molar-refractivity contribution in [2.45, 2.75) is 29.2 Å². The number of halogens is 2. The average Bonchev–Trinajstić information content (AvgIpc) is 3.36. The molecule has 1 unspecified atom stereocenters. The zero-order valence-electron chi connectivity index (χ0n) is 21.0. The van der Waals surface area contributed by atoms with E-state index >= 15 is 0 Å². The SMILES string of the molecule is Cn1nnnc1SCC1=C(C(=O)O)N2C(=O)C(N(Cc3ccc(Cl)cc3Cl)C(=O)[C@H](N)c3ccccc3)[C@H]2SC1. The van der Waals surface area contributed by atoms with Crippen molar-refractivity contribution >= 4 is 64.5 Å². The number of aryl methyl sites for hydroxylation is 1. The lowest BCUT2D eigenvalue weighted by molar-refractivity contribution is -0.161. The Hall–Kier alpha value is -3.10. The molecule has 1 saturated heterocycles. The molecule has 3 N–H and O–H groups in total. The van der Waals surface area contributed by atoms with Crippen LogP contribution in [0.3, 0.4) is 0 Å². The molecule has 0 radical (unpaired) electrons. The zero-order chi connectivity index (χ0) is 28.6. The van der Waals surface area contributed by atoms with Gasteiger partial charge in [-0.25, -0.2) is 9.48 Å². The van der Waals surface area contributed by atoms with Crippen LogP contribution >= 0.6 is 46.7 Å². The molecular formula is C25H23Cl2N7O4S2. The third-order valence-electron chi connectivity index (χ3n) is 6.58. The first-order chi connectivity index (χ1) is 19.2. The maximum atomic E-state index is 13.8. The minimum Gasteiger partial charge on any atom is -0.477 e. The summed E-state index contributed by atoms with van der Waals surface area (Å²) in [4.78, 5) is 42.5. The Morgan fingerprint density at radius 3 is 2.65 bits per heavy atom. The lowest BCUT2D eigenvalue weighted by atomic mass is 9.98. The number of hydrogen-bond acceptors (Lipinski definition) is 9. The van der Waals surface area contributed by atoms with E-state index in [0.717, 1.165) is 0 Å². The number of thioether (sulfide) groups is 2. The van der Waals surface area contributed by atoms with Crippen LogP contribution in [-0.4, -0.2) is 75.8 Å². The lowest BCUT2D eigenvalue weighted by Gasteiger charge is -2.53. The van der Waals surface area contributed by atoms with Crippen LogP contribution in [0.25, 0.3) is 0 Å². The van der Waals surface area contributed by atoms with Crippen molar-refractivity contribution in [3.63, 3.8) is 0 Å². The number of carbonyl (C=O) groups is 3. The molecule has 11 nitrogen and oxygen atoms in total. The highest BCUT2D eigenvalue weighted by atomic mass is 35.5. The molecule has 2 aromatic carbocycles. The maximum absolute atomic E-state index is 13.8. The van der Waals surface area contributed by atoms with E-state index in [1.54, 1.807) is 49.5 Å². The summed E-state index contributed by atoms with van der Waals surface area (Å²) in [5.41, 5.74) is 8.02. The summed E-state index contributed by atoms with van der Waals surface area (Å²) in [6.45, 7) is -0.00926. The minimum absolute atomic E-state index is 0.00926. The van der Waals surface area contributed by atoms with Crippen LogP contribution in [0, 0.1) is 0 Å². The van der Waals surface area contributed by atoms with Gasteiger partial charge >= 0.3 is 5.97 Å². The molecule has 208 valence electrons. The molecule has 2 aliphatic rings. The number of β-lactam (4-membered cyclic amide) rings is 1. The van der Waals surface area contributed by atoms with Crippen LogP contribution < -0.4 is 5.73 Å². The van der Waals surface area contributed by atoms with Gasteiger partial charge in [0.2, 0.25) is 11.1 Å². The Kier molecular flexibility index (Phi) is 8.38. The fourth-order valence-corrected chi connectivity index (χ4v) is 7.42. The van der Waals surface area contributed by atoms with Gasteiger partial charge in [-0.1, -0.05) is 71.4 Å². The average molecular weight is 621 g/mol. The van der Waals surface area contributed by atoms with E-state index in [2.05, 4.69) is 15.5 Å². The van der Waals surface area contributed by atoms with Gasteiger partial charge < -0.3 is 15.7 Å². The highest BCUT2D eigenvalue weighted by molar-refractivity contribution is 8.01. The van der Waals surface area contributed by atoms with Gasteiger partial charge in [0, 0.05) is 35.1 Å². The molecule has 1 aromatic heterocycles. The first kappa shape index (κ1) is 28.4. The van der Waals surface area contributed by atoms with Crippen molar-refractivity contribution < 1.29 is 19.5 Å². The molecule has 5 rings (SSSR count). The van der Waals surface area contributed by atoms with Gasteiger partial charge in [0.1, 0.15) is 23.2 Å². The van der Waals surface area contributed by atoms with Gasteiger partial charge in [-0.05, 0) is 39.3 Å². The second-order valence-corrected chi connectivity index (χ2v) is 12.0. The predicted molar refractivity (Wildman–Crippen MR) is 151 cm³/mol. The molecule has 40 heavy (non-hydrogen) atoms. The standard InChI is InChI=1S/C25H23Cl2N7O4S2/c1-32-25(29-30-31-32)40-12-15-11-39-23-20(22(36)34(23)19(15)24(37)38)33(10-14-7-8-16(26)9-17(14)27)21(35)18(28)13-5-3-2-4-6-13/h2-9,18,20,23H,10-12,28H2,1H3,(H,37,38)/t18-,20?,23-/m1/s1. The molecule has 2 amide bonds. The van der Waals surface area contributed by atoms with Crippen molar-refractivity contribution in [1.82, 2.24) is 30.0 Å². The van der Waals surface area contributed by atoms with Crippen LogP contribution in [0.5, 0.6) is 0 Å². The van der Waals surface area contributed by atoms with Crippen LogP contribution in [0.15, 0.2) is 65.0 Å². The topological polar surface area (TPSA) is 148 Å². The van der Waals surface area contributed by atoms with E-state index in [-0.39, 0.29) is 18.0 Å². The molecule has 3 atom stereocenters. The minimum atomic E-state index is -1.22. The van der Waals surface area contributed by atoms with Gasteiger partial charge in [0.15, 0.2) is 0 Å². The number of benzene rings is 2. The molecule has 3 aromatic rings. The Morgan fingerprint density at radius 1 is 1.25 bits per heavy atom. The van der Waals surface area contributed by atoms with Crippen molar-refractivity contribution in [3.8, 4) is 0 Å². The summed E-state index contributed by atoms with van der Waals surface area (Å²) >= 11 is 15.2. The molecular weight excluding hydrogens is 597 g/mol. The number of nitrogens with two attached hydrogens (primary N) is 1. The van der Waals surface area contributed by atoms with Gasteiger partial charge in [0.25, 0.3) is 5.91 Å². The Balaban J connectivity index is 1.45. The number of hydrogen-bond donors (Lipinski definition) is 2. The number of nitrogens with zero attached hydrogens (tertiary/aromatic N) is 6. The number of rotatable bonds is 9. The van der Waals surface area contributed by atoms with E-state index in [1.807, 2.05) is 6.07 Å². The quantitative estimate of drug-likeness (QED) is 0.270. The number of amides is 2. The van der Waals surface area contributed by atoms with Gasteiger partial charge in [0.05, 0.1) is 0 Å². The van der Waals surface area contributed by atoms with E-state index in [1.165, 1.54) is 38.0 Å². The molecule has 0 aliphatic carbocycles. The summed E-state index contributed by atoms with van der Waals surface area (Å²) < 4.78 is 1.48. The Bertz CT molecular complexity index is 1500. The second kappa shape index (κ2) is 11.8. The summed E-state index contributed by atoms with van der Waals surface area (Å²) in [6.07, 6.45) is 0. The third kappa shape index (κ3) is 5.44. The number of tetrazole rings is 1. The van der Waals surface area contributed by atoms with E-state index in [9.17, 15) is 19.5 Å². The number of fused-ring (bicyclic) bond motifs is 1. The zero-order valence-corrected chi connectivity index (χ0v) is 24.1. The fourth-order valence-electron chi connectivity index (χ4n) is 4.55. The summed E-state index contributed by atoms with van der Waals surface area (Å²) in [6, 6.07) is 11.8. The second-order valence-electron chi connectivity index (χ2n) is 9.08. The molecule has 0 bridgehead atoms. The maximum Gasteiger partial charge on any atom is 0.352 e. The monoisotopic (exact) mass is 619 g/mol. The first-order valence-corrected chi connectivity index (χ1v) is 14.8. The van der Waals surface area contributed by atoms with E-state index in [4.69, 9.17) is 28.9 Å². The Morgan fingerprint density at radius 2 is 2.00 bits per heavy atom. The van der Waals surface area contributed by atoms with Crippen molar-refractivity contribution in [2.24, 2.45) is 12.8 Å². The molecule has 15 heteroatoms. The molecule has 2 aliphatic heterocycles. The van der Waals surface area contributed by atoms with E-state index in [0.29, 0.717) is 37.7 Å². The van der Waals surface area contributed by atoms with Gasteiger partial charge in [-0.15, -0.1) is 16.9 Å². The molecule has 1 fully saturated rings.